The van der Waals surface area contributed by atoms with Crippen molar-refractivity contribution in [3.8, 4) is 5.75 Å². The summed E-state index contributed by atoms with van der Waals surface area (Å²) in [5.41, 5.74) is 0. The van der Waals surface area contributed by atoms with E-state index < -0.39 is 17.7 Å². The number of nitrogens with one attached hydrogen (secondary N) is 1. The summed E-state index contributed by atoms with van der Waals surface area (Å²) >= 11 is 0. The zero-order valence-corrected chi connectivity index (χ0v) is 11.3. The number of rotatable bonds is 8. The van der Waals surface area contributed by atoms with Crippen molar-refractivity contribution in [1.29, 1.82) is 0 Å². The fourth-order valence-corrected chi connectivity index (χ4v) is 1.46. The average molecular weight is 273 g/mol. The quantitative estimate of drug-likeness (QED) is 0.764. The molecule has 1 aromatic rings. The molecule has 0 saturated carbocycles. The van der Waals surface area contributed by atoms with Gasteiger partial charge in [-0.25, -0.2) is 8.78 Å². The van der Waals surface area contributed by atoms with Crippen LogP contribution in [-0.2, 0) is 0 Å². The third-order valence-electron chi connectivity index (χ3n) is 2.90. The van der Waals surface area contributed by atoms with Gasteiger partial charge in [0.1, 0.15) is 18.5 Å². The van der Waals surface area contributed by atoms with Gasteiger partial charge in [0, 0.05) is 12.6 Å². The Balaban J connectivity index is 2.25. The number of ether oxygens (including phenoxy) is 1. The summed E-state index contributed by atoms with van der Waals surface area (Å²) in [5, 5.41) is 12.8. The van der Waals surface area contributed by atoms with E-state index in [1.54, 1.807) is 0 Å². The minimum Gasteiger partial charge on any atom is -0.491 e. The van der Waals surface area contributed by atoms with Crippen LogP contribution in [0.3, 0.4) is 0 Å². The summed E-state index contributed by atoms with van der Waals surface area (Å²) in [6, 6.07) is 3.30. The van der Waals surface area contributed by atoms with Crippen molar-refractivity contribution in [3.05, 3.63) is 29.8 Å². The van der Waals surface area contributed by atoms with Crippen molar-refractivity contribution in [1.82, 2.24) is 5.32 Å². The lowest BCUT2D eigenvalue weighted by molar-refractivity contribution is 0.105. The summed E-state index contributed by atoms with van der Waals surface area (Å²) in [6.45, 7) is 5.51. The maximum absolute atomic E-state index is 12.9. The Hall–Kier alpha value is -1.20. The van der Waals surface area contributed by atoms with Gasteiger partial charge in [0.2, 0.25) is 0 Å². The molecule has 2 atom stereocenters. The van der Waals surface area contributed by atoms with Gasteiger partial charge >= 0.3 is 0 Å². The zero-order valence-electron chi connectivity index (χ0n) is 11.3. The predicted octanol–water partition coefficient (Wildman–Crippen LogP) is 2.34. The Morgan fingerprint density at radius 3 is 2.63 bits per heavy atom. The van der Waals surface area contributed by atoms with Gasteiger partial charge in [0.05, 0.1) is 0 Å². The molecule has 0 aromatic heterocycles. The lowest BCUT2D eigenvalue weighted by atomic mass is 10.1. The van der Waals surface area contributed by atoms with Crippen LogP contribution in [0.25, 0.3) is 0 Å². The van der Waals surface area contributed by atoms with E-state index in [1.165, 1.54) is 6.07 Å². The summed E-state index contributed by atoms with van der Waals surface area (Å²) in [4.78, 5) is 0. The van der Waals surface area contributed by atoms with Gasteiger partial charge in [-0.2, -0.15) is 0 Å². The fraction of sp³-hybridized carbons (Fsp3) is 0.571. The molecule has 0 fully saturated rings. The first-order chi connectivity index (χ1) is 9.02. The van der Waals surface area contributed by atoms with Gasteiger partial charge in [0.15, 0.2) is 11.6 Å². The van der Waals surface area contributed by atoms with Gasteiger partial charge in [0.25, 0.3) is 0 Å². The molecule has 0 spiro atoms. The first-order valence-electron chi connectivity index (χ1n) is 6.49. The van der Waals surface area contributed by atoms with Gasteiger partial charge in [-0.1, -0.05) is 20.3 Å². The number of benzene rings is 1. The molecular weight excluding hydrogens is 252 g/mol. The number of aliphatic hydroxyl groups is 1. The van der Waals surface area contributed by atoms with Crippen LogP contribution in [0.4, 0.5) is 8.78 Å². The molecule has 0 heterocycles. The molecule has 1 rings (SSSR count). The van der Waals surface area contributed by atoms with Crippen LogP contribution < -0.4 is 10.1 Å². The summed E-state index contributed by atoms with van der Waals surface area (Å²) in [6.07, 6.45) is 0.395. The van der Waals surface area contributed by atoms with Crippen molar-refractivity contribution in [2.75, 3.05) is 19.7 Å². The highest BCUT2D eigenvalue weighted by Crippen LogP contribution is 2.15. The van der Waals surface area contributed by atoms with Crippen molar-refractivity contribution in [2.45, 2.75) is 26.4 Å². The smallest absolute Gasteiger partial charge is 0.162 e. The highest BCUT2D eigenvalue weighted by molar-refractivity contribution is 5.23. The fourth-order valence-electron chi connectivity index (χ4n) is 1.46. The number of hydrogen-bond acceptors (Lipinski definition) is 3. The molecule has 19 heavy (non-hydrogen) atoms. The monoisotopic (exact) mass is 273 g/mol. The largest absolute Gasteiger partial charge is 0.491 e. The van der Waals surface area contributed by atoms with Gasteiger partial charge in [-0.05, 0) is 24.6 Å². The predicted molar refractivity (Wildman–Crippen MR) is 70.2 cm³/mol. The van der Waals surface area contributed by atoms with Crippen LogP contribution >= 0.6 is 0 Å². The van der Waals surface area contributed by atoms with Gasteiger partial charge in [-0.3, -0.25) is 0 Å². The SMILES string of the molecule is CCC(C)CNCC(O)COc1ccc(F)c(F)c1. The number of halogens is 2. The molecule has 2 unspecified atom stereocenters. The molecule has 5 heteroatoms. The Morgan fingerprint density at radius 1 is 1.26 bits per heavy atom. The summed E-state index contributed by atoms with van der Waals surface area (Å²) in [5.74, 6) is -1.11. The first kappa shape index (κ1) is 15.9. The van der Waals surface area contributed by atoms with E-state index in [0.717, 1.165) is 25.1 Å². The molecular formula is C14H21F2NO2. The molecule has 0 radical (unpaired) electrons. The van der Waals surface area contributed by atoms with Crippen LogP contribution in [0.1, 0.15) is 20.3 Å². The Labute approximate surface area is 112 Å². The van der Waals surface area contributed by atoms with E-state index in [4.69, 9.17) is 4.74 Å². The molecule has 0 amide bonds. The van der Waals surface area contributed by atoms with E-state index in [2.05, 4.69) is 19.2 Å². The molecule has 2 N–H and O–H groups in total. The van der Waals surface area contributed by atoms with E-state index in [1.807, 2.05) is 0 Å². The van der Waals surface area contributed by atoms with Gasteiger partial charge < -0.3 is 15.2 Å². The first-order valence-corrected chi connectivity index (χ1v) is 6.49. The maximum atomic E-state index is 12.9. The van der Waals surface area contributed by atoms with Crippen LogP contribution in [0, 0.1) is 17.6 Å². The van der Waals surface area contributed by atoms with E-state index in [-0.39, 0.29) is 12.4 Å². The average Bonchev–Trinajstić information content (AvgIpc) is 2.40. The highest BCUT2D eigenvalue weighted by atomic mass is 19.2. The Kier molecular flexibility index (Phi) is 6.73. The minimum atomic E-state index is -0.957. The lowest BCUT2D eigenvalue weighted by Gasteiger charge is -2.15. The molecule has 0 bridgehead atoms. The maximum Gasteiger partial charge on any atom is 0.162 e. The molecule has 108 valence electrons. The second-order valence-electron chi connectivity index (χ2n) is 4.71. The van der Waals surface area contributed by atoms with Crippen LogP contribution in [0.5, 0.6) is 5.75 Å². The number of hydrogen-bond donors (Lipinski definition) is 2. The van der Waals surface area contributed by atoms with Crippen molar-refractivity contribution in [3.63, 3.8) is 0 Å². The van der Waals surface area contributed by atoms with Crippen molar-refractivity contribution < 1.29 is 18.6 Å². The Bertz CT molecular complexity index is 388. The molecule has 0 aliphatic carbocycles. The topological polar surface area (TPSA) is 41.5 Å². The molecule has 1 aromatic carbocycles. The van der Waals surface area contributed by atoms with Crippen LogP contribution in [0.15, 0.2) is 18.2 Å². The normalized spacial score (nSPS) is 14.2. The third kappa shape index (κ3) is 5.98. The Morgan fingerprint density at radius 2 is 2.00 bits per heavy atom. The van der Waals surface area contributed by atoms with Crippen molar-refractivity contribution >= 4 is 0 Å². The van der Waals surface area contributed by atoms with Crippen LogP contribution in [0.2, 0.25) is 0 Å². The molecule has 0 aliphatic heterocycles. The minimum absolute atomic E-state index is 0.0403. The lowest BCUT2D eigenvalue weighted by Crippen LogP contribution is -2.33. The second-order valence-corrected chi connectivity index (χ2v) is 4.71. The van der Waals surface area contributed by atoms with E-state index in [9.17, 15) is 13.9 Å². The number of aliphatic hydroxyl groups excluding tert-OH is 1. The standard InChI is InChI=1S/C14H21F2NO2/c1-3-10(2)7-17-8-11(18)9-19-12-4-5-13(15)14(16)6-12/h4-6,10-11,17-18H,3,7-9H2,1-2H3. The van der Waals surface area contributed by atoms with Gasteiger partial charge in [-0.15, -0.1) is 0 Å². The highest BCUT2D eigenvalue weighted by Gasteiger charge is 2.08. The zero-order chi connectivity index (χ0) is 14.3. The van der Waals surface area contributed by atoms with E-state index in [0.29, 0.717) is 12.5 Å². The second kappa shape index (κ2) is 8.07. The molecule has 0 aliphatic rings. The summed E-state index contributed by atoms with van der Waals surface area (Å²) in [7, 11) is 0. The van der Waals surface area contributed by atoms with Crippen molar-refractivity contribution in [2.24, 2.45) is 5.92 Å². The van der Waals surface area contributed by atoms with Crippen LogP contribution in [-0.4, -0.2) is 30.9 Å². The third-order valence-corrected chi connectivity index (χ3v) is 2.90. The molecule has 0 saturated heterocycles. The summed E-state index contributed by atoms with van der Waals surface area (Å²) < 4.78 is 30.8. The molecule has 3 nitrogen and oxygen atoms in total. The van der Waals surface area contributed by atoms with E-state index >= 15 is 0 Å².